The largest absolute Gasteiger partial charge is 0.355 e. The first-order chi connectivity index (χ1) is 12.5. The van der Waals surface area contributed by atoms with Crippen LogP contribution in [0.3, 0.4) is 0 Å². The molecule has 0 bridgehead atoms. The smallest absolute Gasteiger partial charge is 0.223 e. The molecule has 3 rings (SSSR count). The Balaban J connectivity index is 1.64. The quantitative estimate of drug-likeness (QED) is 0.818. The highest BCUT2D eigenvalue weighted by atomic mass is 16.2. The molecule has 0 aromatic carbocycles. The second kappa shape index (κ2) is 8.01. The SMILES string of the molecule is CN(C)C(=O)CCC(=O)N1CCCC12CCCN(c1cnccn1)CC2. The minimum absolute atomic E-state index is 0.0151. The van der Waals surface area contributed by atoms with Crippen LogP contribution in [0.4, 0.5) is 5.82 Å². The highest BCUT2D eigenvalue weighted by Crippen LogP contribution is 2.39. The summed E-state index contributed by atoms with van der Waals surface area (Å²) < 4.78 is 0. The van der Waals surface area contributed by atoms with E-state index in [4.69, 9.17) is 0 Å². The molecular weight excluding hydrogens is 330 g/mol. The van der Waals surface area contributed by atoms with Crippen molar-refractivity contribution in [2.24, 2.45) is 0 Å². The average molecular weight is 359 g/mol. The van der Waals surface area contributed by atoms with E-state index in [1.165, 1.54) is 0 Å². The van der Waals surface area contributed by atoms with Gasteiger partial charge in [0.2, 0.25) is 11.8 Å². The Kier molecular flexibility index (Phi) is 5.74. The molecule has 2 fully saturated rings. The lowest BCUT2D eigenvalue weighted by Gasteiger charge is -2.38. The summed E-state index contributed by atoms with van der Waals surface area (Å²) in [7, 11) is 3.47. The molecule has 2 aliphatic rings. The van der Waals surface area contributed by atoms with E-state index < -0.39 is 0 Å². The van der Waals surface area contributed by atoms with Gasteiger partial charge >= 0.3 is 0 Å². The molecule has 0 aliphatic carbocycles. The number of aromatic nitrogens is 2. The first-order valence-corrected chi connectivity index (χ1v) is 9.53. The summed E-state index contributed by atoms with van der Waals surface area (Å²) in [5.74, 6) is 1.06. The predicted octanol–water partition coefficient (Wildman–Crippen LogP) is 1.70. The number of anilines is 1. The fourth-order valence-electron chi connectivity index (χ4n) is 4.28. The molecule has 1 aromatic heterocycles. The predicted molar refractivity (Wildman–Crippen MR) is 99.7 cm³/mol. The van der Waals surface area contributed by atoms with Crippen molar-refractivity contribution in [1.82, 2.24) is 19.8 Å². The molecule has 1 unspecified atom stereocenters. The van der Waals surface area contributed by atoms with Crippen LogP contribution in [-0.4, -0.2) is 70.9 Å². The minimum atomic E-state index is -0.0464. The van der Waals surface area contributed by atoms with Gasteiger partial charge in [0.25, 0.3) is 0 Å². The van der Waals surface area contributed by atoms with E-state index in [1.807, 2.05) is 6.20 Å². The molecule has 1 atom stereocenters. The highest BCUT2D eigenvalue weighted by Gasteiger charge is 2.44. The Hall–Kier alpha value is -2.18. The van der Waals surface area contributed by atoms with Crippen LogP contribution >= 0.6 is 0 Å². The fraction of sp³-hybridized carbons (Fsp3) is 0.684. The lowest BCUT2D eigenvalue weighted by Crippen LogP contribution is -2.48. The van der Waals surface area contributed by atoms with Gasteiger partial charge in [0.15, 0.2) is 0 Å². The normalized spacial score (nSPS) is 23.2. The van der Waals surface area contributed by atoms with Gasteiger partial charge in [-0.2, -0.15) is 0 Å². The number of nitrogens with zero attached hydrogens (tertiary/aromatic N) is 5. The van der Waals surface area contributed by atoms with Crippen molar-refractivity contribution in [3.8, 4) is 0 Å². The average Bonchev–Trinajstić information content (AvgIpc) is 2.94. The van der Waals surface area contributed by atoms with Gasteiger partial charge in [-0.1, -0.05) is 0 Å². The number of amides is 2. The number of hydrogen-bond donors (Lipinski definition) is 0. The maximum absolute atomic E-state index is 12.8. The van der Waals surface area contributed by atoms with E-state index >= 15 is 0 Å². The molecule has 1 spiro atoms. The molecule has 0 N–H and O–H groups in total. The first-order valence-electron chi connectivity index (χ1n) is 9.53. The van der Waals surface area contributed by atoms with E-state index in [9.17, 15) is 9.59 Å². The Bertz CT molecular complexity index is 636. The number of carbonyl (C=O) groups is 2. The van der Waals surface area contributed by atoms with Crippen molar-refractivity contribution < 1.29 is 9.59 Å². The lowest BCUT2D eigenvalue weighted by atomic mass is 9.87. The van der Waals surface area contributed by atoms with Gasteiger partial charge in [-0.05, 0) is 32.1 Å². The topological polar surface area (TPSA) is 69.6 Å². The number of likely N-dealkylation sites (tertiary alicyclic amines) is 1. The van der Waals surface area contributed by atoms with Gasteiger partial charge in [-0.3, -0.25) is 14.6 Å². The first kappa shape index (κ1) is 18.6. The maximum Gasteiger partial charge on any atom is 0.223 e. The van der Waals surface area contributed by atoms with Crippen molar-refractivity contribution in [3.05, 3.63) is 18.6 Å². The van der Waals surface area contributed by atoms with Gasteiger partial charge in [0.1, 0.15) is 5.82 Å². The second-order valence-corrected chi connectivity index (χ2v) is 7.57. The minimum Gasteiger partial charge on any atom is -0.355 e. The van der Waals surface area contributed by atoms with E-state index in [0.29, 0.717) is 12.8 Å². The van der Waals surface area contributed by atoms with Gasteiger partial charge in [-0.25, -0.2) is 4.98 Å². The zero-order valence-electron chi connectivity index (χ0n) is 15.9. The molecule has 26 heavy (non-hydrogen) atoms. The van der Waals surface area contributed by atoms with Crippen LogP contribution in [0, 0.1) is 0 Å². The van der Waals surface area contributed by atoms with Crippen LogP contribution in [0.15, 0.2) is 18.6 Å². The van der Waals surface area contributed by atoms with Crippen molar-refractivity contribution in [1.29, 1.82) is 0 Å². The summed E-state index contributed by atoms with van der Waals surface area (Å²) in [6, 6.07) is 0. The monoisotopic (exact) mass is 359 g/mol. The molecule has 0 radical (unpaired) electrons. The van der Waals surface area contributed by atoms with Gasteiger partial charge < -0.3 is 14.7 Å². The summed E-state index contributed by atoms with van der Waals surface area (Å²) in [5, 5.41) is 0. The molecule has 142 valence electrons. The third kappa shape index (κ3) is 3.97. The van der Waals surface area contributed by atoms with Crippen molar-refractivity contribution in [2.45, 2.75) is 50.5 Å². The van der Waals surface area contributed by atoms with Gasteiger partial charge in [-0.15, -0.1) is 0 Å². The van der Waals surface area contributed by atoms with Crippen molar-refractivity contribution >= 4 is 17.6 Å². The second-order valence-electron chi connectivity index (χ2n) is 7.57. The Morgan fingerprint density at radius 2 is 1.85 bits per heavy atom. The zero-order chi connectivity index (χ0) is 18.6. The van der Waals surface area contributed by atoms with Crippen LogP contribution < -0.4 is 4.90 Å². The molecule has 1 aromatic rings. The molecule has 2 amide bonds. The number of rotatable bonds is 4. The molecular formula is C19H29N5O2. The van der Waals surface area contributed by atoms with Crippen LogP contribution in [0.5, 0.6) is 0 Å². The maximum atomic E-state index is 12.8. The Labute approximate surface area is 155 Å². The van der Waals surface area contributed by atoms with Crippen LogP contribution in [0.1, 0.15) is 44.9 Å². The number of carbonyl (C=O) groups excluding carboxylic acids is 2. The number of hydrogen-bond acceptors (Lipinski definition) is 5. The Morgan fingerprint density at radius 1 is 1.08 bits per heavy atom. The molecule has 2 aliphatic heterocycles. The third-order valence-corrected chi connectivity index (χ3v) is 5.74. The van der Waals surface area contributed by atoms with Crippen LogP contribution in [0.25, 0.3) is 0 Å². The summed E-state index contributed by atoms with van der Waals surface area (Å²) in [4.78, 5) is 39.2. The van der Waals surface area contributed by atoms with E-state index in [1.54, 1.807) is 31.4 Å². The fourth-order valence-corrected chi connectivity index (χ4v) is 4.28. The third-order valence-electron chi connectivity index (χ3n) is 5.74. The van der Waals surface area contributed by atoms with E-state index in [2.05, 4.69) is 19.8 Å². The molecule has 0 saturated carbocycles. The Morgan fingerprint density at radius 3 is 2.54 bits per heavy atom. The van der Waals surface area contributed by atoms with Gasteiger partial charge in [0.05, 0.1) is 6.20 Å². The summed E-state index contributed by atoms with van der Waals surface area (Å²) in [6.45, 7) is 2.65. The van der Waals surface area contributed by atoms with E-state index in [-0.39, 0.29) is 17.4 Å². The highest BCUT2D eigenvalue weighted by molar-refractivity contribution is 5.84. The van der Waals surface area contributed by atoms with Crippen LogP contribution in [-0.2, 0) is 9.59 Å². The molecule has 7 heteroatoms. The summed E-state index contributed by atoms with van der Waals surface area (Å²) in [5.41, 5.74) is -0.0464. The zero-order valence-corrected chi connectivity index (χ0v) is 15.9. The molecule has 3 heterocycles. The van der Waals surface area contributed by atoms with E-state index in [0.717, 1.165) is 57.6 Å². The molecule has 7 nitrogen and oxygen atoms in total. The standard InChI is InChI=1S/C19H29N5O2/c1-22(2)17(25)5-6-18(26)24-13-4-8-19(24)7-3-12-23(14-9-19)16-15-20-10-11-21-16/h10-11,15H,3-9,12-14H2,1-2H3. The summed E-state index contributed by atoms with van der Waals surface area (Å²) >= 11 is 0. The van der Waals surface area contributed by atoms with Crippen molar-refractivity contribution in [2.75, 3.05) is 38.6 Å². The van der Waals surface area contributed by atoms with Gasteiger partial charge in [0, 0.05) is 64.5 Å². The summed E-state index contributed by atoms with van der Waals surface area (Å²) in [6.07, 6.45) is 11.0. The lowest BCUT2D eigenvalue weighted by molar-refractivity contribution is -0.139. The van der Waals surface area contributed by atoms with Crippen molar-refractivity contribution in [3.63, 3.8) is 0 Å². The van der Waals surface area contributed by atoms with Crippen LogP contribution in [0.2, 0.25) is 0 Å². The molecule has 2 saturated heterocycles.